The second kappa shape index (κ2) is 8.83. The Balaban J connectivity index is 0.00000135. The van der Waals surface area contributed by atoms with Crippen molar-refractivity contribution in [2.75, 3.05) is 6.54 Å². The molecule has 0 atom stereocenters. The standard InChI is InChI=1S/C15H25NO2S.CO2/c1-14(2,3)11-7-12(19-10-11)8-16-9-13(17)18-15(4,5)6;2-1-3/h7,10,16H,8-9H2,1-6H3;. The Hall–Kier alpha value is -1.49. The summed E-state index contributed by atoms with van der Waals surface area (Å²) in [6.07, 6.45) is 0.250. The first-order valence-corrected chi connectivity index (χ1v) is 7.87. The van der Waals surface area contributed by atoms with Crippen LogP contribution in [0.2, 0.25) is 0 Å². The van der Waals surface area contributed by atoms with Crippen molar-refractivity contribution < 1.29 is 19.1 Å². The molecule has 5 nitrogen and oxygen atoms in total. The second-order valence-corrected chi connectivity index (χ2v) is 7.82. The van der Waals surface area contributed by atoms with E-state index in [1.807, 2.05) is 20.8 Å². The molecular formula is C16H25NO4S. The summed E-state index contributed by atoms with van der Waals surface area (Å²) in [5.41, 5.74) is 1.10. The average molecular weight is 327 g/mol. The van der Waals surface area contributed by atoms with Crippen molar-refractivity contribution in [1.29, 1.82) is 0 Å². The minimum Gasteiger partial charge on any atom is -0.459 e. The molecule has 0 fully saturated rings. The van der Waals surface area contributed by atoms with E-state index in [9.17, 15) is 4.79 Å². The van der Waals surface area contributed by atoms with E-state index in [2.05, 4.69) is 37.5 Å². The Morgan fingerprint density at radius 3 is 2.18 bits per heavy atom. The Labute approximate surface area is 136 Å². The Morgan fingerprint density at radius 1 is 1.23 bits per heavy atom. The fraction of sp³-hybridized carbons (Fsp3) is 0.625. The van der Waals surface area contributed by atoms with E-state index in [1.54, 1.807) is 11.3 Å². The first-order valence-electron chi connectivity index (χ1n) is 6.99. The largest absolute Gasteiger partial charge is 0.459 e. The molecule has 0 aliphatic carbocycles. The lowest BCUT2D eigenvalue weighted by Crippen LogP contribution is -2.31. The molecule has 1 N–H and O–H groups in total. The first-order chi connectivity index (χ1) is 9.99. The predicted octanol–water partition coefficient (Wildman–Crippen LogP) is 2.89. The van der Waals surface area contributed by atoms with Gasteiger partial charge in [0.2, 0.25) is 0 Å². The molecule has 22 heavy (non-hydrogen) atoms. The van der Waals surface area contributed by atoms with Gasteiger partial charge in [-0.05, 0) is 43.2 Å². The summed E-state index contributed by atoms with van der Waals surface area (Å²) in [5, 5.41) is 5.31. The van der Waals surface area contributed by atoms with Gasteiger partial charge in [0, 0.05) is 11.4 Å². The van der Waals surface area contributed by atoms with Gasteiger partial charge in [-0.3, -0.25) is 4.79 Å². The lowest BCUT2D eigenvalue weighted by molar-refractivity contribution is -0.191. The fourth-order valence-electron chi connectivity index (χ4n) is 1.53. The fourth-order valence-corrected chi connectivity index (χ4v) is 2.61. The number of thiophene rings is 1. The van der Waals surface area contributed by atoms with Gasteiger partial charge < -0.3 is 10.1 Å². The van der Waals surface area contributed by atoms with E-state index >= 15 is 0 Å². The Bertz CT molecular complexity index is 503. The molecule has 0 aromatic carbocycles. The highest BCUT2D eigenvalue weighted by molar-refractivity contribution is 7.10. The van der Waals surface area contributed by atoms with E-state index < -0.39 is 5.60 Å². The molecule has 0 radical (unpaired) electrons. The van der Waals surface area contributed by atoms with E-state index in [4.69, 9.17) is 14.3 Å². The summed E-state index contributed by atoms with van der Waals surface area (Å²) in [6, 6.07) is 2.20. The maximum absolute atomic E-state index is 11.5. The van der Waals surface area contributed by atoms with Crippen molar-refractivity contribution in [3.05, 3.63) is 21.9 Å². The van der Waals surface area contributed by atoms with Crippen LogP contribution in [0.5, 0.6) is 0 Å². The molecule has 0 bridgehead atoms. The Kier molecular flexibility index (Phi) is 8.23. The molecule has 0 aliphatic heterocycles. The minimum absolute atomic E-state index is 0.180. The van der Waals surface area contributed by atoms with Gasteiger partial charge in [-0.15, -0.1) is 11.3 Å². The maximum atomic E-state index is 11.5. The van der Waals surface area contributed by atoms with E-state index in [0.29, 0.717) is 6.54 Å². The average Bonchev–Trinajstić information content (AvgIpc) is 2.75. The molecule has 0 amide bonds. The van der Waals surface area contributed by atoms with Crippen molar-refractivity contribution in [1.82, 2.24) is 5.32 Å². The van der Waals surface area contributed by atoms with Crippen LogP contribution in [-0.2, 0) is 31.1 Å². The quantitative estimate of drug-likeness (QED) is 0.861. The van der Waals surface area contributed by atoms with Gasteiger partial charge in [-0.25, -0.2) is 0 Å². The SMILES string of the molecule is CC(C)(C)OC(=O)CNCc1cc(C(C)(C)C)cs1.O=C=O. The highest BCUT2D eigenvalue weighted by Gasteiger charge is 2.17. The van der Waals surface area contributed by atoms with Crippen LogP contribution in [0, 0.1) is 0 Å². The summed E-state index contributed by atoms with van der Waals surface area (Å²) in [5.74, 6) is -0.208. The lowest BCUT2D eigenvalue weighted by Gasteiger charge is -2.19. The van der Waals surface area contributed by atoms with E-state index in [1.165, 1.54) is 10.4 Å². The summed E-state index contributed by atoms with van der Waals surface area (Å²) in [6.45, 7) is 13.2. The number of hydrogen-bond acceptors (Lipinski definition) is 6. The van der Waals surface area contributed by atoms with Crippen LogP contribution < -0.4 is 5.32 Å². The third-order valence-corrected chi connectivity index (χ3v) is 3.45. The van der Waals surface area contributed by atoms with E-state index in [-0.39, 0.29) is 24.1 Å². The highest BCUT2D eigenvalue weighted by Crippen LogP contribution is 2.27. The summed E-state index contributed by atoms with van der Waals surface area (Å²) >= 11 is 1.73. The number of carbonyl (C=O) groups is 1. The van der Waals surface area contributed by atoms with Gasteiger partial charge in [0.15, 0.2) is 0 Å². The molecule has 0 saturated heterocycles. The molecule has 0 spiro atoms. The maximum Gasteiger partial charge on any atom is 0.373 e. The van der Waals surface area contributed by atoms with Crippen molar-refractivity contribution in [3.63, 3.8) is 0 Å². The van der Waals surface area contributed by atoms with Gasteiger partial charge in [0.25, 0.3) is 0 Å². The number of esters is 1. The van der Waals surface area contributed by atoms with E-state index in [0.717, 1.165) is 0 Å². The molecular weight excluding hydrogens is 302 g/mol. The molecule has 0 unspecified atom stereocenters. The number of rotatable bonds is 4. The monoisotopic (exact) mass is 327 g/mol. The van der Waals surface area contributed by atoms with Crippen LogP contribution >= 0.6 is 11.3 Å². The minimum atomic E-state index is -0.416. The third-order valence-electron chi connectivity index (χ3n) is 2.51. The molecule has 0 saturated carbocycles. The number of nitrogens with one attached hydrogen (secondary N) is 1. The molecule has 1 heterocycles. The number of hydrogen-bond donors (Lipinski definition) is 1. The van der Waals surface area contributed by atoms with Crippen molar-refractivity contribution in [2.24, 2.45) is 0 Å². The second-order valence-electron chi connectivity index (χ2n) is 6.83. The van der Waals surface area contributed by atoms with Crippen molar-refractivity contribution in [2.45, 2.75) is 59.1 Å². The zero-order chi connectivity index (χ0) is 17.4. The Morgan fingerprint density at radius 2 is 1.77 bits per heavy atom. The predicted molar refractivity (Wildman–Crippen MR) is 85.6 cm³/mol. The third kappa shape index (κ3) is 9.45. The summed E-state index contributed by atoms with van der Waals surface area (Å²) in [4.78, 5) is 29.0. The smallest absolute Gasteiger partial charge is 0.373 e. The molecule has 1 aromatic rings. The van der Waals surface area contributed by atoms with Crippen LogP contribution in [0.4, 0.5) is 0 Å². The zero-order valence-corrected chi connectivity index (χ0v) is 14.9. The lowest BCUT2D eigenvalue weighted by atomic mass is 9.89. The first kappa shape index (κ1) is 20.5. The van der Waals surface area contributed by atoms with Crippen LogP contribution in [-0.4, -0.2) is 24.3 Å². The van der Waals surface area contributed by atoms with Crippen LogP contribution in [0.3, 0.4) is 0 Å². The topological polar surface area (TPSA) is 72.5 Å². The molecule has 1 rings (SSSR count). The van der Waals surface area contributed by atoms with Gasteiger partial charge in [0.1, 0.15) is 5.60 Å². The van der Waals surface area contributed by atoms with Crippen LogP contribution in [0.15, 0.2) is 11.4 Å². The van der Waals surface area contributed by atoms with Crippen LogP contribution in [0.25, 0.3) is 0 Å². The molecule has 1 aromatic heterocycles. The molecule has 124 valence electrons. The van der Waals surface area contributed by atoms with Crippen LogP contribution in [0.1, 0.15) is 52.0 Å². The van der Waals surface area contributed by atoms with Gasteiger partial charge in [-0.2, -0.15) is 9.59 Å². The van der Waals surface area contributed by atoms with Crippen molar-refractivity contribution in [3.8, 4) is 0 Å². The normalized spacial score (nSPS) is 11.2. The van der Waals surface area contributed by atoms with Crippen molar-refractivity contribution >= 4 is 23.5 Å². The summed E-state index contributed by atoms with van der Waals surface area (Å²) in [7, 11) is 0. The molecule has 6 heteroatoms. The summed E-state index contributed by atoms with van der Waals surface area (Å²) < 4.78 is 5.24. The highest BCUT2D eigenvalue weighted by atomic mass is 32.1. The zero-order valence-electron chi connectivity index (χ0n) is 14.1. The van der Waals surface area contributed by atoms with Gasteiger partial charge >= 0.3 is 12.1 Å². The molecule has 0 aliphatic rings. The number of ether oxygens (including phenoxy) is 1. The number of carbonyl (C=O) groups excluding carboxylic acids is 3. The van der Waals surface area contributed by atoms with Gasteiger partial charge in [0.05, 0.1) is 6.54 Å². The van der Waals surface area contributed by atoms with Gasteiger partial charge in [-0.1, -0.05) is 20.8 Å².